The lowest BCUT2D eigenvalue weighted by molar-refractivity contribution is -0.195. The van der Waals surface area contributed by atoms with Crippen LogP contribution in [0.4, 0.5) is 0 Å². The molecule has 5 saturated carbocycles. The molecule has 5 aliphatic rings. The van der Waals surface area contributed by atoms with Gasteiger partial charge in [-0.1, -0.05) is 46.8 Å². The van der Waals surface area contributed by atoms with Crippen LogP contribution in [0.3, 0.4) is 0 Å². The van der Waals surface area contributed by atoms with Gasteiger partial charge < -0.3 is 15.3 Å². The van der Waals surface area contributed by atoms with Crippen LogP contribution < -0.4 is 0 Å². The van der Waals surface area contributed by atoms with Gasteiger partial charge in [0, 0.05) is 11.8 Å². The average molecular weight is 459 g/mol. The molecule has 5 aliphatic carbocycles. The van der Waals surface area contributed by atoms with Crippen molar-refractivity contribution in [3.8, 4) is 0 Å². The number of aliphatic hydroxyl groups excluding tert-OH is 2. The van der Waals surface area contributed by atoms with E-state index in [1.54, 1.807) is 0 Å². The van der Waals surface area contributed by atoms with Gasteiger partial charge in [0.25, 0.3) is 0 Å². The molecule has 0 bridgehead atoms. The van der Waals surface area contributed by atoms with Crippen LogP contribution in [0.1, 0.15) is 106 Å². The van der Waals surface area contributed by atoms with E-state index in [1.807, 2.05) is 19.9 Å². The van der Waals surface area contributed by atoms with Crippen LogP contribution in [0.15, 0.2) is 12.2 Å². The molecule has 0 saturated heterocycles. The molecule has 0 aromatic heterocycles. The number of fused-ring (bicyclic) bond motifs is 2. The summed E-state index contributed by atoms with van der Waals surface area (Å²) in [6.07, 6.45) is 13.9. The van der Waals surface area contributed by atoms with Crippen molar-refractivity contribution in [2.45, 2.75) is 124 Å². The lowest BCUT2D eigenvalue weighted by Crippen LogP contribution is -2.61. The summed E-state index contributed by atoms with van der Waals surface area (Å²) in [5, 5.41) is 32.4. The number of rotatable bonds is 4. The smallest absolute Gasteiger partial charge is 0.0771 e. The molecule has 5 fully saturated rings. The van der Waals surface area contributed by atoms with Gasteiger partial charge in [-0.2, -0.15) is 0 Å². The second-order valence-corrected chi connectivity index (χ2v) is 14.9. The van der Waals surface area contributed by atoms with E-state index in [0.717, 1.165) is 12.3 Å². The second kappa shape index (κ2) is 7.10. The highest BCUT2D eigenvalue weighted by atomic mass is 16.3. The molecular formula is C30H50O3. The highest BCUT2D eigenvalue weighted by Crippen LogP contribution is 2.89. The Hall–Kier alpha value is -0.380. The number of aliphatic hydroxyl groups is 3. The van der Waals surface area contributed by atoms with Gasteiger partial charge in [-0.15, -0.1) is 0 Å². The fourth-order valence-electron chi connectivity index (χ4n) is 11.0. The molecule has 3 heteroatoms. The predicted molar refractivity (Wildman–Crippen MR) is 133 cm³/mol. The third-order valence-corrected chi connectivity index (χ3v) is 12.9. The maximum absolute atomic E-state index is 11.4. The third kappa shape index (κ3) is 2.97. The zero-order valence-corrected chi connectivity index (χ0v) is 22.3. The van der Waals surface area contributed by atoms with Crippen molar-refractivity contribution in [2.75, 3.05) is 0 Å². The third-order valence-electron chi connectivity index (χ3n) is 12.9. The Morgan fingerprint density at radius 1 is 0.909 bits per heavy atom. The molecule has 10 atom stereocenters. The molecule has 3 nitrogen and oxygen atoms in total. The fourth-order valence-corrected chi connectivity index (χ4v) is 11.0. The molecule has 3 N–H and O–H groups in total. The highest BCUT2D eigenvalue weighted by Gasteiger charge is 2.84. The number of hydrogen-bond acceptors (Lipinski definition) is 3. The molecular weight excluding hydrogens is 408 g/mol. The van der Waals surface area contributed by atoms with E-state index in [2.05, 4.69) is 40.7 Å². The first-order chi connectivity index (χ1) is 15.2. The van der Waals surface area contributed by atoms with Crippen LogP contribution in [0.5, 0.6) is 0 Å². The topological polar surface area (TPSA) is 60.7 Å². The Kier molecular flexibility index (Phi) is 5.23. The van der Waals surface area contributed by atoms with E-state index in [-0.39, 0.29) is 23.0 Å². The Labute approximate surface area is 202 Å². The zero-order chi connectivity index (χ0) is 24.2. The van der Waals surface area contributed by atoms with Crippen LogP contribution in [-0.2, 0) is 0 Å². The molecule has 0 amide bonds. The van der Waals surface area contributed by atoms with Crippen molar-refractivity contribution in [3.63, 3.8) is 0 Å². The first kappa shape index (κ1) is 24.3. The van der Waals surface area contributed by atoms with E-state index in [1.165, 1.54) is 44.9 Å². The van der Waals surface area contributed by atoms with Gasteiger partial charge >= 0.3 is 0 Å². The molecule has 33 heavy (non-hydrogen) atoms. The first-order valence-electron chi connectivity index (χ1n) is 13.9. The molecule has 5 rings (SSSR count). The first-order valence-corrected chi connectivity index (χ1v) is 13.9. The van der Waals surface area contributed by atoms with Crippen molar-refractivity contribution in [2.24, 2.45) is 50.7 Å². The Bertz CT molecular complexity index is 825. The monoisotopic (exact) mass is 458 g/mol. The zero-order valence-electron chi connectivity index (χ0n) is 22.3. The minimum Gasteiger partial charge on any atom is -0.392 e. The quantitative estimate of drug-likeness (QED) is 0.445. The highest BCUT2D eigenvalue weighted by molar-refractivity contribution is 5.32. The fraction of sp³-hybridized carbons (Fsp3) is 0.933. The minimum absolute atomic E-state index is 0.0577. The van der Waals surface area contributed by atoms with Crippen LogP contribution in [0.2, 0.25) is 0 Å². The number of allylic oxidation sites excluding steroid dienone is 1. The summed E-state index contributed by atoms with van der Waals surface area (Å²) >= 11 is 0. The van der Waals surface area contributed by atoms with Crippen molar-refractivity contribution in [1.29, 1.82) is 0 Å². The summed E-state index contributed by atoms with van der Waals surface area (Å²) in [5.74, 6) is 2.53. The normalized spacial score (nSPS) is 53.7. The summed E-state index contributed by atoms with van der Waals surface area (Å²) in [5.41, 5.74) is 0.248. The molecule has 0 aromatic carbocycles. The minimum atomic E-state index is -0.730. The summed E-state index contributed by atoms with van der Waals surface area (Å²) < 4.78 is 0. The SMILES string of the molecule is C[C@H](CC=CC(C)(C)O)[C@H]1CC[C@@]2(C)[C@@H]3CC[C@H]4C(C)(C)[C@H](O)C[C@H](O)[C@@]45C[C@@]35CC[C@]12C. The van der Waals surface area contributed by atoms with Crippen LogP contribution >= 0.6 is 0 Å². The molecule has 2 spiro atoms. The average Bonchev–Trinajstić information content (AvgIpc) is 3.31. The molecule has 0 heterocycles. The summed E-state index contributed by atoms with van der Waals surface area (Å²) in [7, 11) is 0. The molecule has 0 radical (unpaired) electrons. The largest absolute Gasteiger partial charge is 0.392 e. The van der Waals surface area contributed by atoms with E-state index in [0.29, 0.717) is 40.4 Å². The number of hydrogen-bond donors (Lipinski definition) is 3. The summed E-state index contributed by atoms with van der Waals surface area (Å²) in [4.78, 5) is 0. The van der Waals surface area contributed by atoms with Crippen LogP contribution in [0, 0.1) is 50.7 Å². The van der Waals surface area contributed by atoms with Gasteiger partial charge in [0.05, 0.1) is 17.8 Å². The predicted octanol–water partition coefficient (Wildman–Crippen LogP) is 6.11. The van der Waals surface area contributed by atoms with E-state index in [4.69, 9.17) is 0 Å². The summed E-state index contributed by atoms with van der Waals surface area (Å²) in [6, 6.07) is 0. The standard InChI is InChI=1S/C30H50O3/c1-19(9-8-13-25(2,3)33)20-12-14-28(7)22-11-10-21-26(4,5)23(31)17-24(32)30(21)18-29(22,30)16-15-27(20,28)6/h8,13,19-24,31-33H,9-12,14-18H2,1-7H3/t19-,20-,21+,22+,23-,24+,27-,28+,29+,30-/m1/s1. The second-order valence-electron chi connectivity index (χ2n) is 14.9. The van der Waals surface area contributed by atoms with Gasteiger partial charge in [-0.05, 0) is 111 Å². The lowest BCUT2D eigenvalue weighted by atomic mass is 9.41. The van der Waals surface area contributed by atoms with Crippen molar-refractivity contribution < 1.29 is 15.3 Å². The lowest BCUT2D eigenvalue weighted by Gasteiger charge is -2.64. The maximum Gasteiger partial charge on any atom is 0.0771 e. The van der Waals surface area contributed by atoms with Crippen LogP contribution in [-0.4, -0.2) is 33.1 Å². The van der Waals surface area contributed by atoms with Crippen molar-refractivity contribution in [3.05, 3.63) is 12.2 Å². The summed E-state index contributed by atoms with van der Waals surface area (Å²) in [6.45, 7) is 15.9. The van der Waals surface area contributed by atoms with Gasteiger partial charge in [-0.25, -0.2) is 0 Å². The maximum atomic E-state index is 11.4. The Morgan fingerprint density at radius 2 is 1.58 bits per heavy atom. The van der Waals surface area contributed by atoms with Gasteiger partial charge in [0.1, 0.15) is 0 Å². The molecule has 188 valence electrons. The van der Waals surface area contributed by atoms with E-state index < -0.39 is 5.60 Å². The molecule has 0 aromatic rings. The van der Waals surface area contributed by atoms with Gasteiger partial charge in [-0.3, -0.25) is 0 Å². The Morgan fingerprint density at radius 3 is 2.24 bits per heavy atom. The van der Waals surface area contributed by atoms with E-state index >= 15 is 0 Å². The van der Waals surface area contributed by atoms with Crippen LogP contribution in [0.25, 0.3) is 0 Å². The molecule has 0 unspecified atom stereocenters. The van der Waals surface area contributed by atoms with E-state index in [9.17, 15) is 15.3 Å². The Balaban J connectivity index is 1.42. The molecule has 0 aliphatic heterocycles. The van der Waals surface area contributed by atoms with Gasteiger partial charge in [0.15, 0.2) is 0 Å². The van der Waals surface area contributed by atoms with Crippen molar-refractivity contribution in [1.82, 2.24) is 0 Å². The van der Waals surface area contributed by atoms with Gasteiger partial charge in [0.2, 0.25) is 0 Å². The van der Waals surface area contributed by atoms with Crippen molar-refractivity contribution >= 4 is 0 Å².